The Kier molecular flexibility index (Phi) is 8.32. The van der Waals surface area contributed by atoms with Crippen LogP contribution < -0.4 is 4.74 Å². The van der Waals surface area contributed by atoms with Crippen molar-refractivity contribution >= 4 is 11.8 Å². The molecule has 0 aliphatic rings. The molecule has 4 aromatic rings. The summed E-state index contributed by atoms with van der Waals surface area (Å²) in [7, 11) is 1.68. The van der Waals surface area contributed by atoms with Gasteiger partial charge in [-0.2, -0.15) is 4.98 Å². The molecule has 0 radical (unpaired) electrons. The first-order chi connectivity index (χ1) is 16.6. The van der Waals surface area contributed by atoms with Crippen LogP contribution in [0.25, 0.3) is 11.1 Å². The van der Waals surface area contributed by atoms with Crippen LogP contribution in [0, 0.1) is 5.92 Å². The van der Waals surface area contributed by atoms with E-state index in [-0.39, 0.29) is 0 Å². The van der Waals surface area contributed by atoms with Gasteiger partial charge in [0.25, 0.3) is 0 Å². The third-order valence-electron chi connectivity index (χ3n) is 5.06. The number of aromatic nitrogens is 5. The zero-order valence-corrected chi connectivity index (χ0v) is 20.5. The molecule has 0 fully saturated rings. The van der Waals surface area contributed by atoms with Crippen LogP contribution in [0.2, 0.25) is 0 Å². The van der Waals surface area contributed by atoms with Gasteiger partial charge in [0.05, 0.1) is 12.4 Å². The Morgan fingerprint density at radius 2 is 1.82 bits per heavy atom. The fraction of sp³-hybridized carbons (Fsp3) is 0.360. The van der Waals surface area contributed by atoms with Crippen molar-refractivity contribution in [2.75, 3.05) is 13.7 Å². The molecule has 0 saturated carbocycles. The van der Waals surface area contributed by atoms with Crippen molar-refractivity contribution in [3.05, 3.63) is 72.1 Å². The summed E-state index contributed by atoms with van der Waals surface area (Å²) in [5.41, 5.74) is 2.14. The van der Waals surface area contributed by atoms with E-state index in [2.05, 4.69) is 52.4 Å². The minimum atomic E-state index is 0.294. The number of rotatable bonds is 12. The lowest BCUT2D eigenvalue weighted by Gasteiger charge is -2.13. The molecule has 0 N–H and O–H groups in total. The third kappa shape index (κ3) is 6.24. The maximum atomic E-state index is 6.20. The summed E-state index contributed by atoms with van der Waals surface area (Å²) in [6.07, 6.45) is 0.771. The fourth-order valence-corrected chi connectivity index (χ4v) is 4.27. The summed E-state index contributed by atoms with van der Waals surface area (Å²) in [6.45, 7) is 5.70. The minimum absolute atomic E-state index is 0.294. The van der Waals surface area contributed by atoms with E-state index in [0.717, 1.165) is 34.3 Å². The Hall–Kier alpha value is -3.17. The maximum Gasteiger partial charge on any atom is 0.226 e. The van der Waals surface area contributed by atoms with E-state index in [0.29, 0.717) is 43.1 Å². The Labute approximate surface area is 203 Å². The number of hydrogen-bond acceptors (Lipinski definition) is 8. The van der Waals surface area contributed by atoms with E-state index in [1.54, 1.807) is 7.11 Å². The molecule has 0 aliphatic carbocycles. The van der Waals surface area contributed by atoms with Gasteiger partial charge >= 0.3 is 0 Å². The predicted molar refractivity (Wildman–Crippen MR) is 131 cm³/mol. The molecule has 9 heteroatoms. The van der Waals surface area contributed by atoms with Crippen LogP contribution in [-0.2, 0) is 30.1 Å². The van der Waals surface area contributed by atoms with Crippen molar-refractivity contribution in [1.29, 1.82) is 0 Å². The largest absolute Gasteiger partial charge is 0.485 e. The quantitative estimate of drug-likeness (QED) is 0.261. The molecule has 178 valence electrons. The second-order valence-electron chi connectivity index (χ2n) is 8.19. The summed E-state index contributed by atoms with van der Waals surface area (Å²) in [5, 5.41) is 13.6. The molecule has 0 saturated heterocycles. The van der Waals surface area contributed by atoms with Gasteiger partial charge in [-0.3, -0.25) is 0 Å². The molecule has 0 aliphatic heterocycles. The maximum absolute atomic E-state index is 6.20. The molecule has 34 heavy (non-hydrogen) atoms. The van der Waals surface area contributed by atoms with Gasteiger partial charge in [-0.15, -0.1) is 10.2 Å². The van der Waals surface area contributed by atoms with Crippen LogP contribution in [0.1, 0.15) is 31.4 Å². The second-order valence-corrected chi connectivity index (χ2v) is 9.13. The highest BCUT2D eigenvalue weighted by molar-refractivity contribution is 7.98. The van der Waals surface area contributed by atoms with E-state index in [1.807, 2.05) is 41.0 Å². The molecule has 4 rings (SSSR count). The molecule has 0 atom stereocenters. The molecule has 8 nitrogen and oxygen atoms in total. The second kappa shape index (κ2) is 11.8. The van der Waals surface area contributed by atoms with Gasteiger partial charge in [0.2, 0.25) is 5.89 Å². The number of methoxy groups -OCH3 is 1. The van der Waals surface area contributed by atoms with Crippen LogP contribution >= 0.6 is 11.8 Å². The molecule has 2 aromatic carbocycles. The highest BCUT2D eigenvalue weighted by Gasteiger charge is 2.16. The van der Waals surface area contributed by atoms with E-state index in [9.17, 15) is 0 Å². The highest BCUT2D eigenvalue weighted by atomic mass is 32.2. The van der Waals surface area contributed by atoms with Crippen LogP contribution in [0.3, 0.4) is 0 Å². The normalized spacial score (nSPS) is 11.3. The average Bonchev–Trinajstić information content (AvgIpc) is 3.46. The standard InChI is InChI=1S/C25H29N5O3S/c1-18(2)15-24-26-22(29-33-24)17-34-25-28-27-23(30(25)13-14-31-3)16-32-21-12-8-7-11-20(21)19-9-5-4-6-10-19/h4-12,18H,13-17H2,1-3H3. The van der Waals surface area contributed by atoms with Crippen LogP contribution in [-0.4, -0.2) is 38.6 Å². The summed E-state index contributed by atoms with van der Waals surface area (Å²) in [6, 6.07) is 18.2. The Morgan fingerprint density at radius 3 is 2.62 bits per heavy atom. The first-order valence-corrected chi connectivity index (χ1v) is 12.2. The number of para-hydroxylation sites is 1. The SMILES string of the molecule is COCCn1c(COc2ccccc2-c2ccccc2)nnc1SCc1noc(CC(C)C)n1. The molecule has 0 amide bonds. The van der Waals surface area contributed by atoms with Crippen molar-refractivity contribution in [2.45, 2.75) is 44.3 Å². The number of thioether (sulfide) groups is 1. The zero-order valence-electron chi connectivity index (χ0n) is 19.7. The zero-order chi connectivity index (χ0) is 23.8. The minimum Gasteiger partial charge on any atom is -0.485 e. The van der Waals surface area contributed by atoms with E-state index in [1.165, 1.54) is 11.8 Å². The summed E-state index contributed by atoms with van der Waals surface area (Å²) in [5.74, 6) is 3.86. The molecule has 0 unspecified atom stereocenters. The third-order valence-corrected chi connectivity index (χ3v) is 6.03. The number of hydrogen-bond donors (Lipinski definition) is 0. The van der Waals surface area contributed by atoms with Gasteiger partial charge in [0, 0.05) is 25.6 Å². The molecule has 2 aromatic heterocycles. The number of benzene rings is 2. The Bertz CT molecular complexity index is 1180. The van der Waals surface area contributed by atoms with Gasteiger partial charge in [-0.05, 0) is 17.5 Å². The molecule has 2 heterocycles. The number of nitrogens with zero attached hydrogens (tertiary/aromatic N) is 5. The van der Waals surface area contributed by atoms with Gasteiger partial charge in [0.15, 0.2) is 16.8 Å². The predicted octanol–water partition coefficient (Wildman–Crippen LogP) is 5.04. The van der Waals surface area contributed by atoms with E-state index >= 15 is 0 Å². The van der Waals surface area contributed by atoms with Gasteiger partial charge in [-0.25, -0.2) is 0 Å². The molecular formula is C25H29N5O3S. The first-order valence-electron chi connectivity index (χ1n) is 11.3. The van der Waals surface area contributed by atoms with Gasteiger partial charge in [-0.1, -0.05) is 79.3 Å². The first kappa shape index (κ1) is 24.0. The van der Waals surface area contributed by atoms with Crippen molar-refractivity contribution in [2.24, 2.45) is 5.92 Å². The summed E-state index contributed by atoms with van der Waals surface area (Å²) in [4.78, 5) is 4.47. The highest BCUT2D eigenvalue weighted by Crippen LogP contribution is 2.30. The summed E-state index contributed by atoms with van der Waals surface area (Å²) >= 11 is 1.52. The Morgan fingerprint density at radius 1 is 1.03 bits per heavy atom. The molecular weight excluding hydrogens is 450 g/mol. The van der Waals surface area contributed by atoms with Crippen molar-refractivity contribution in [1.82, 2.24) is 24.9 Å². The van der Waals surface area contributed by atoms with Gasteiger partial charge < -0.3 is 18.6 Å². The Balaban J connectivity index is 1.46. The van der Waals surface area contributed by atoms with Crippen molar-refractivity contribution < 1.29 is 14.0 Å². The van der Waals surface area contributed by atoms with E-state index in [4.69, 9.17) is 14.0 Å². The van der Waals surface area contributed by atoms with Crippen LogP contribution in [0.5, 0.6) is 5.75 Å². The smallest absolute Gasteiger partial charge is 0.226 e. The lowest BCUT2D eigenvalue weighted by Crippen LogP contribution is -2.12. The molecule has 0 bridgehead atoms. The lowest BCUT2D eigenvalue weighted by molar-refractivity contribution is 0.181. The van der Waals surface area contributed by atoms with Gasteiger partial charge in [0.1, 0.15) is 12.4 Å². The lowest BCUT2D eigenvalue weighted by atomic mass is 10.1. The van der Waals surface area contributed by atoms with Crippen molar-refractivity contribution in [3.63, 3.8) is 0 Å². The average molecular weight is 480 g/mol. The van der Waals surface area contributed by atoms with Crippen molar-refractivity contribution in [3.8, 4) is 16.9 Å². The summed E-state index contributed by atoms with van der Waals surface area (Å²) < 4.78 is 18.9. The fourth-order valence-electron chi connectivity index (χ4n) is 3.44. The van der Waals surface area contributed by atoms with Crippen LogP contribution in [0.15, 0.2) is 64.3 Å². The van der Waals surface area contributed by atoms with E-state index < -0.39 is 0 Å². The monoisotopic (exact) mass is 479 g/mol. The topological polar surface area (TPSA) is 88.1 Å². The number of ether oxygens (including phenoxy) is 2. The molecule has 0 spiro atoms. The van der Waals surface area contributed by atoms with Crippen LogP contribution in [0.4, 0.5) is 0 Å².